The molecule has 0 spiro atoms. The van der Waals surface area contributed by atoms with Gasteiger partial charge in [0, 0.05) is 13.0 Å². The minimum Gasteiger partial charge on any atom is -0.444 e. The van der Waals surface area contributed by atoms with E-state index in [9.17, 15) is 24.0 Å². The molecule has 0 radical (unpaired) electrons. The van der Waals surface area contributed by atoms with Crippen molar-refractivity contribution >= 4 is 41.1 Å². The molecule has 1 aliphatic heterocycles. The predicted molar refractivity (Wildman–Crippen MR) is 124 cm³/mol. The number of ether oxygens (including phenoxy) is 1. The van der Waals surface area contributed by atoms with Crippen LogP contribution in [-0.2, 0) is 14.3 Å². The fraction of sp³-hybridized carbons (Fsp3) is 0.292. The van der Waals surface area contributed by atoms with Crippen molar-refractivity contribution in [2.45, 2.75) is 32.8 Å². The smallest absolute Gasteiger partial charge is 0.408 e. The van der Waals surface area contributed by atoms with Crippen LogP contribution in [0.4, 0.5) is 16.2 Å². The first kappa shape index (κ1) is 24.4. The Hall–Kier alpha value is -4.21. The lowest BCUT2D eigenvalue weighted by Crippen LogP contribution is -2.37. The Labute approximate surface area is 196 Å². The zero-order valence-corrected chi connectivity index (χ0v) is 19.1. The van der Waals surface area contributed by atoms with Crippen LogP contribution >= 0.6 is 0 Å². The molecule has 1 heterocycles. The molecule has 0 fully saturated rings. The highest BCUT2D eigenvalue weighted by atomic mass is 16.6. The number of hydrogen-bond acceptors (Lipinski definition) is 6. The van der Waals surface area contributed by atoms with Crippen molar-refractivity contribution in [3.63, 3.8) is 0 Å². The summed E-state index contributed by atoms with van der Waals surface area (Å²) in [6, 6.07) is 13.0. The van der Waals surface area contributed by atoms with Crippen molar-refractivity contribution in [1.82, 2.24) is 10.2 Å². The minimum absolute atomic E-state index is 0.0769. The Kier molecular flexibility index (Phi) is 7.30. The van der Waals surface area contributed by atoms with E-state index in [1.54, 1.807) is 69.3 Å². The average molecular weight is 466 g/mol. The number of imide groups is 1. The van der Waals surface area contributed by atoms with E-state index >= 15 is 0 Å². The molecule has 10 heteroatoms. The lowest BCUT2D eigenvalue weighted by Gasteiger charge is -2.19. The Bertz CT molecular complexity index is 1100. The van der Waals surface area contributed by atoms with Crippen LogP contribution in [0.3, 0.4) is 0 Å². The average Bonchev–Trinajstić information content (AvgIpc) is 3.01. The van der Waals surface area contributed by atoms with Gasteiger partial charge in [-0.05, 0) is 45.0 Å². The number of amides is 5. The molecule has 1 aliphatic rings. The summed E-state index contributed by atoms with van der Waals surface area (Å²) in [6.45, 7) is 4.73. The summed E-state index contributed by atoms with van der Waals surface area (Å²) in [4.78, 5) is 62.3. The van der Waals surface area contributed by atoms with Gasteiger partial charge in [0.2, 0.25) is 11.8 Å². The number of fused-ring (bicyclic) bond motifs is 1. The van der Waals surface area contributed by atoms with E-state index < -0.39 is 35.3 Å². The predicted octanol–water partition coefficient (Wildman–Crippen LogP) is 2.77. The summed E-state index contributed by atoms with van der Waals surface area (Å²) in [5.74, 6) is -1.82. The summed E-state index contributed by atoms with van der Waals surface area (Å²) in [7, 11) is 0. The Balaban J connectivity index is 1.53. The first-order valence-electron chi connectivity index (χ1n) is 10.7. The Morgan fingerprint density at radius 3 is 1.85 bits per heavy atom. The number of carbonyl (C=O) groups is 5. The molecule has 2 aromatic rings. The number of anilines is 2. The lowest BCUT2D eigenvalue weighted by molar-refractivity contribution is -0.116. The maximum atomic E-state index is 12.5. The quantitative estimate of drug-likeness (QED) is 0.537. The second-order valence-corrected chi connectivity index (χ2v) is 8.55. The highest BCUT2D eigenvalue weighted by Crippen LogP contribution is 2.24. The second-order valence-electron chi connectivity index (χ2n) is 8.55. The number of alkyl carbamates (subject to hydrolysis) is 1. The molecule has 0 unspecified atom stereocenters. The van der Waals surface area contributed by atoms with Crippen molar-refractivity contribution in [2.24, 2.45) is 0 Å². The summed E-state index contributed by atoms with van der Waals surface area (Å²) in [6.07, 6.45) is -0.842. The van der Waals surface area contributed by atoms with Crippen molar-refractivity contribution in [3.05, 3.63) is 59.7 Å². The normalized spacial score (nSPS) is 12.7. The van der Waals surface area contributed by atoms with Crippen LogP contribution in [0.1, 0.15) is 47.9 Å². The molecule has 34 heavy (non-hydrogen) atoms. The van der Waals surface area contributed by atoms with Crippen molar-refractivity contribution < 1.29 is 28.7 Å². The standard InChI is InChI=1S/C24H26N4O6/c1-24(2,3)34-23(33)25-14-20(30)27-18-11-7-6-10-17(18)26-19(29)12-13-28-21(31)15-8-4-5-9-16(15)22(28)32/h4-11H,12-14H2,1-3H3,(H,25,33)(H,26,29)(H,27,30). The molecule has 178 valence electrons. The zero-order valence-electron chi connectivity index (χ0n) is 19.1. The first-order chi connectivity index (χ1) is 16.0. The molecular formula is C24H26N4O6. The van der Waals surface area contributed by atoms with Crippen molar-refractivity contribution in [3.8, 4) is 0 Å². The van der Waals surface area contributed by atoms with Gasteiger partial charge in [0.15, 0.2) is 0 Å². The molecular weight excluding hydrogens is 440 g/mol. The molecule has 0 aromatic heterocycles. The van der Waals surface area contributed by atoms with Crippen LogP contribution in [0.25, 0.3) is 0 Å². The molecule has 3 N–H and O–H groups in total. The third-order valence-electron chi connectivity index (χ3n) is 4.71. The molecule has 0 aliphatic carbocycles. The van der Waals surface area contributed by atoms with Crippen LogP contribution in [0.5, 0.6) is 0 Å². The molecule has 0 saturated heterocycles. The van der Waals surface area contributed by atoms with Crippen LogP contribution in [0.2, 0.25) is 0 Å². The summed E-state index contributed by atoms with van der Waals surface area (Å²) >= 11 is 0. The fourth-order valence-electron chi connectivity index (χ4n) is 3.23. The Morgan fingerprint density at radius 1 is 0.824 bits per heavy atom. The molecule has 5 amide bonds. The molecule has 0 saturated carbocycles. The van der Waals surface area contributed by atoms with E-state index in [1.807, 2.05) is 0 Å². The number of benzene rings is 2. The number of para-hydroxylation sites is 2. The van der Waals surface area contributed by atoms with E-state index in [2.05, 4.69) is 16.0 Å². The largest absolute Gasteiger partial charge is 0.444 e. The molecule has 0 atom stereocenters. The molecule has 2 aromatic carbocycles. The van der Waals surface area contributed by atoms with Crippen molar-refractivity contribution in [2.75, 3.05) is 23.7 Å². The highest BCUT2D eigenvalue weighted by Gasteiger charge is 2.35. The third-order valence-corrected chi connectivity index (χ3v) is 4.71. The number of rotatable bonds is 7. The zero-order chi connectivity index (χ0) is 24.9. The van der Waals surface area contributed by atoms with Gasteiger partial charge in [0.05, 0.1) is 22.5 Å². The van der Waals surface area contributed by atoms with E-state index in [0.29, 0.717) is 22.5 Å². The van der Waals surface area contributed by atoms with E-state index in [1.165, 1.54) is 0 Å². The molecule has 0 bridgehead atoms. The van der Waals surface area contributed by atoms with Gasteiger partial charge in [-0.2, -0.15) is 0 Å². The maximum Gasteiger partial charge on any atom is 0.408 e. The van der Waals surface area contributed by atoms with Gasteiger partial charge in [-0.1, -0.05) is 24.3 Å². The van der Waals surface area contributed by atoms with Crippen LogP contribution in [-0.4, -0.2) is 53.3 Å². The summed E-state index contributed by atoms with van der Waals surface area (Å²) in [5.41, 5.74) is 0.611. The monoisotopic (exact) mass is 466 g/mol. The molecule has 3 rings (SSSR count). The first-order valence-corrected chi connectivity index (χ1v) is 10.7. The number of nitrogens with one attached hydrogen (secondary N) is 3. The van der Waals surface area contributed by atoms with Gasteiger partial charge in [-0.15, -0.1) is 0 Å². The topological polar surface area (TPSA) is 134 Å². The SMILES string of the molecule is CC(C)(C)OC(=O)NCC(=O)Nc1ccccc1NC(=O)CCN1C(=O)c2ccccc2C1=O. The van der Waals surface area contributed by atoms with Crippen LogP contribution < -0.4 is 16.0 Å². The van der Waals surface area contributed by atoms with Crippen LogP contribution in [0.15, 0.2) is 48.5 Å². The summed E-state index contributed by atoms with van der Waals surface area (Å²) in [5, 5.41) is 7.64. The minimum atomic E-state index is -0.725. The van der Waals surface area contributed by atoms with Crippen LogP contribution in [0, 0.1) is 0 Å². The van der Waals surface area contributed by atoms with Gasteiger partial charge in [0.25, 0.3) is 11.8 Å². The molecule has 10 nitrogen and oxygen atoms in total. The van der Waals surface area contributed by atoms with Gasteiger partial charge in [0.1, 0.15) is 12.1 Å². The second kappa shape index (κ2) is 10.2. The number of hydrogen-bond donors (Lipinski definition) is 3. The van der Waals surface area contributed by atoms with Gasteiger partial charge in [-0.3, -0.25) is 24.1 Å². The van der Waals surface area contributed by atoms with Gasteiger partial charge < -0.3 is 20.7 Å². The van der Waals surface area contributed by atoms with Gasteiger partial charge in [-0.25, -0.2) is 4.79 Å². The fourth-order valence-corrected chi connectivity index (χ4v) is 3.23. The third kappa shape index (κ3) is 6.18. The van der Waals surface area contributed by atoms with E-state index in [4.69, 9.17) is 4.74 Å². The van der Waals surface area contributed by atoms with Crippen molar-refractivity contribution in [1.29, 1.82) is 0 Å². The van der Waals surface area contributed by atoms with Gasteiger partial charge >= 0.3 is 6.09 Å². The van der Waals surface area contributed by atoms with E-state index in [-0.39, 0.29) is 19.5 Å². The highest BCUT2D eigenvalue weighted by molar-refractivity contribution is 6.21. The van der Waals surface area contributed by atoms with E-state index in [0.717, 1.165) is 4.90 Å². The number of nitrogens with zero attached hydrogens (tertiary/aromatic N) is 1. The summed E-state index contributed by atoms with van der Waals surface area (Å²) < 4.78 is 5.08. The Morgan fingerprint density at radius 2 is 1.32 bits per heavy atom. The lowest BCUT2D eigenvalue weighted by atomic mass is 10.1. The number of carbonyl (C=O) groups excluding carboxylic acids is 5. The maximum absolute atomic E-state index is 12.5.